The van der Waals surface area contributed by atoms with Crippen molar-refractivity contribution in [2.75, 3.05) is 13.7 Å². The van der Waals surface area contributed by atoms with Gasteiger partial charge in [-0.1, -0.05) is 0 Å². The summed E-state index contributed by atoms with van der Waals surface area (Å²) < 4.78 is 11.9. The molecule has 7 nitrogen and oxygen atoms in total. The van der Waals surface area contributed by atoms with Gasteiger partial charge in [-0.3, -0.25) is 9.88 Å². The summed E-state index contributed by atoms with van der Waals surface area (Å²) in [5.74, 6) is -0.0574. The van der Waals surface area contributed by atoms with Crippen LogP contribution in [0.3, 0.4) is 0 Å². The molecular weight excluding hydrogens is 418 g/mol. The summed E-state index contributed by atoms with van der Waals surface area (Å²) in [6.07, 6.45) is 7.53. The molecule has 33 heavy (non-hydrogen) atoms. The third-order valence-electron chi connectivity index (χ3n) is 7.53. The molecule has 2 N–H and O–H groups in total. The Morgan fingerprint density at radius 3 is 2.91 bits per heavy atom. The van der Waals surface area contributed by atoms with E-state index in [4.69, 9.17) is 9.47 Å². The second kappa shape index (κ2) is 8.47. The number of aromatic nitrogens is 2. The second-order valence-electron chi connectivity index (χ2n) is 9.25. The first-order valence-electron chi connectivity index (χ1n) is 11.7. The molecule has 0 saturated carbocycles. The highest BCUT2D eigenvalue weighted by Gasteiger charge is 2.53. The van der Waals surface area contributed by atoms with Crippen LogP contribution in [0.2, 0.25) is 0 Å². The van der Waals surface area contributed by atoms with E-state index in [1.165, 1.54) is 17.1 Å². The van der Waals surface area contributed by atoms with Crippen LogP contribution in [0.4, 0.5) is 0 Å². The number of carboxylic acids is 1. The Kier molecular flexibility index (Phi) is 5.62. The predicted molar refractivity (Wildman–Crippen MR) is 126 cm³/mol. The van der Waals surface area contributed by atoms with Gasteiger partial charge in [0.1, 0.15) is 5.75 Å². The SMILES string of the molecule is CCOC1CC2CCC(c3ccc(C(=O)O)cn3)(C1)N2Cc1c(OC)cc(C)c2[nH]ccc12. The quantitative estimate of drug-likeness (QED) is 0.547. The topological polar surface area (TPSA) is 87.7 Å². The number of piperidine rings is 1. The Bertz CT molecular complexity index is 1170. The standard InChI is InChI=1S/C26H31N3O4/c1-4-33-19-12-18-7-9-26(13-19,23-6-5-17(14-28-23)25(30)31)29(18)15-21-20-8-10-27-24(20)16(2)11-22(21)32-3/h5-6,8,10-11,14,18-19,27H,4,7,9,12-13,15H2,1-3H3,(H,30,31). The summed E-state index contributed by atoms with van der Waals surface area (Å²) in [7, 11) is 1.73. The van der Waals surface area contributed by atoms with Gasteiger partial charge in [0.25, 0.3) is 0 Å². The maximum atomic E-state index is 11.4. The van der Waals surface area contributed by atoms with Gasteiger partial charge in [-0.2, -0.15) is 0 Å². The van der Waals surface area contributed by atoms with E-state index in [1.54, 1.807) is 13.2 Å². The molecule has 1 aromatic carbocycles. The highest BCUT2D eigenvalue weighted by molar-refractivity contribution is 5.88. The Labute approximate surface area is 193 Å². The van der Waals surface area contributed by atoms with Gasteiger partial charge in [0.2, 0.25) is 0 Å². The first kappa shape index (κ1) is 21.9. The molecule has 3 aromatic rings. The van der Waals surface area contributed by atoms with Crippen molar-refractivity contribution in [3.8, 4) is 5.75 Å². The van der Waals surface area contributed by atoms with Crippen molar-refractivity contribution in [2.45, 2.75) is 63.8 Å². The number of H-pyrrole nitrogens is 1. The summed E-state index contributed by atoms with van der Waals surface area (Å²) in [6, 6.07) is 8.17. The number of hydrogen-bond acceptors (Lipinski definition) is 5. The number of aromatic amines is 1. The maximum Gasteiger partial charge on any atom is 0.337 e. The molecule has 2 fully saturated rings. The Morgan fingerprint density at radius 1 is 1.36 bits per heavy atom. The van der Waals surface area contributed by atoms with Crippen molar-refractivity contribution in [3.05, 3.63) is 59.0 Å². The molecule has 2 saturated heterocycles. The number of pyridine rings is 1. The van der Waals surface area contributed by atoms with Crippen LogP contribution in [0.5, 0.6) is 5.75 Å². The summed E-state index contributed by atoms with van der Waals surface area (Å²) in [6.45, 7) is 5.57. The molecular formula is C26H31N3O4. The Morgan fingerprint density at radius 2 is 2.21 bits per heavy atom. The molecule has 2 aliphatic rings. The van der Waals surface area contributed by atoms with Crippen molar-refractivity contribution in [2.24, 2.45) is 0 Å². The Hall–Kier alpha value is -2.90. The van der Waals surface area contributed by atoms with Crippen LogP contribution in [0, 0.1) is 6.92 Å². The van der Waals surface area contributed by atoms with E-state index in [0.29, 0.717) is 12.6 Å². The zero-order valence-electron chi connectivity index (χ0n) is 19.4. The van der Waals surface area contributed by atoms with Crippen molar-refractivity contribution in [1.82, 2.24) is 14.9 Å². The van der Waals surface area contributed by atoms with Crippen LogP contribution in [-0.4, -0.2) is 51.8 Å². The molecule has 5 rings (SSSR count). The van der Waals surface area contributed by atoms with Gasteiger partial charge >= 0.3 is 5.97 Å². The summed E-state index contributed by atoms with van der Waals surface area (Å²) in [5.41, 5.74) is 4.32. The number of rotatable bonds is 7. The molecule has 0 aliphatic carbocycles. The number of fused-ring (bicyclic) bond motifs is 3. The van der Waals surface area contributed by atoms with E-state index >= 15 is 0 Å². The lowest BCUT2D eigenvalue weighted by Crippen LogP contribution is -2.52. The highest BCUT2D eigenvalue weighted by Crippen LogP contribution is 2.52. The van der Waals surface area contributed by atoms with Gasteiger partial charge in [0, 0.05) is 48.1 Å². The third kappa shape index (κ3) is 3.60. The average molecular weight is 450 g/mol. The molecule has 3 atom stereocenters. The van der Waals surface area contributed by atoms with Gasteiger partial charge in [-0.15, -0.1) is 0 Å². The third-order valence-corrected chi connectivity index (χ3v) is 7.53. The number of hydrogen-bond donors (Lipinski definition) is 2. The number of benzene rings is 1. The molecule has 0 radical (unpaired) electrons. The summed E-state index contributed by atoms with van der Waals surface area (Å²) >= 11 is 0. The number of nitrogens with one attached hydrogen (secondary N) is 1. The number of carbonyl (C=O) groups is 1. The van der Waals surface area contributed by atoms with E-state index in [1.807, 2.05) is 19.2 Å². The summed E-state index contributed by atoms with van der Waals surface area (Å²) in [4.78, 5) is 22.0. The van der Waals surface area contributed by atoms with Gasteiger partial charge < -0.3 is 19.6 Å². The Balaban J connectivity index is 1.59. The molecule has 174 valence electrons. The fraction of sp³-hybridized carbons (Fsp3) is 0.462. The van der Waals surface area contributed by atoms with Gasteiger partial charge in [-0.25, -0.2) is 4.79 Å². The van der Waals surface area contributed by atoms with E-state index in [-0.39, 0.29) is 17.2 Å². The number of methoxy groups -OCH3 is 1. The first-order chi connectivity index (χ1) is 16.0. The fourth-order valence-corrected chi connectivity index (χ4v) is 6.05. The van der Waals surface area contributed by atoms with Gasteiger partial charge in [-0.05, 0) is 69.4 Å². The van der Waals surface area contributed by atoms with Crippen molar-refractivity contribution in [3.63, 3.8) is 0 Å². The minimum absolute atomic E-state index is 0.173. The zero-order valence-corrected chi connectivity index (χ0v) is 19.4. The lowest BCUT2D eigenvalue weighted by atomic mass is 9.82. The maximum absolute atomic E-state index is 11.4. The van der Waals surface area contributed by atoms with Crippen LogP contribution < -0.4 is 4.74 Å². The number of carboxylic acid groups (broad SMARTS) is 1. The summed E-state index contributed by atoms with van der Waals surface area (Å²) in [5, 5.41) is 10.5. The smallest absolute Gasteiger partial charge is 0.337 e. The number of ether oxygens (including phenoxy) is 2. The number of nitrogens with zero attached hydrogens (tertiary/aromatic N) is 2. The van der Waals surface area contributed by atoms with Crippen molar-refractivity contribution >= 4 is 16.9 Å². The minimum Gasteiger partial charge on any atom is -0.496 e. The van der Waals surface area contributed by atoms with Gasteiger partial charge in [0.15, 0.2) is 0 Å². The zero-order chi connectivity index (χ0) is 23.2. The van der Waals surface area contributed by atoms with Crippen molar-refractivity contribution < 1.29 is 19.4 Å². The van der Waals surface area contributed by atoms with E-state index < -0.39 is 5.97 Å². The van der Waals surface area contributed by atoms with Crippen LogP contribution in [0.1, 0.15) is 59.8 Å². The lowest BCUT2D eigenvalue weighted by Gasteiger charge is -2.47. The van der Waals surface area contributed by atoms with Crippen LogP contribution in [0.25, 0.3) is 10.9 Å². The van der Waals surface area contributed by atoms with E-state index in [0.717, 1.165) is 54.8 Å². The molecule has 2 aromatic heterocycles. The molecule has 2 bridgehead atoms. The largest absolute Gasteiger partial charge is 0.496 e. The normalized spacial score (nSPS) is 24.9. The second-order valence-corrected chi connectivity index (χ2v) is 9.25. The molecule has 7 heteroatoms. The predicted octanol–water partition coefficient (Wildman–Crippen LogP) is 4.64. The molecule has 0 amide bonds. The van der Waals surface area contributed by atoms with E-state index in [9.17, 15) is 9.90 Å². The van der Waals surface area contributed by atoms with Crippen molar-refractivity contribution in [1.29, 1.82) is 0 Å². The first-order valence-corrected chi connectivity index (χ1v) is 11.7. The molecule has 2 aliphatic heterocycles. The monoisotopic (exact) mass is 449 g/mol. The van der Waals surface area contributed by atoms with Crippen LogP contribution in [-0.2, 0) is 16.8 Å². The molecule has 0 spiro atoms. The number of aryl methyl sites for hydroxylation is 1. The lowest BCUT2D eigenvalue weighted by molar-refractivity contribution is -0.0608. The van der Waals surface area contributed by atoms with E-state index in [2.05, 4.69) is 33.9 Å². The molecule has 4 heterocycles. The van der Waals surface area contributed by atoms with Gasteiger partial charge in [0.05, 0.1) is 30.0 Å². The fourth-order valence-electron chi connectivity index (χ4n) is 6.05. The highest BCUT2D eigenvalue weighted by atomic mass is 16.5. The molecule has 3 unspecified atom stereocenters. The van der Waals surface area contributed by atoms with Crippen LogP contribution >= 0.6 is 0 Å². The minimum atomic E-state index is -0.956. The average Bonchev–Trinajstić information content (AvgIpc) is 3.38. The number of aromatic carboxylic acids is 1. The van der Waals surface area contributed by atoms with Crippen LogP contribution in [0.15, 0.2) is 36.7 Å².